The predicted molar refractivity (Wildman–Crippen MR) is 63.7 cm³/mol. The SMILES string of the molecule is CCOc1c(N)nsc1N(CC)C1CC1. The van der Waals surface area contributed by atoms with Crippen LogP contribution in [0.1, 0.15) is 26.7 Å². The van der Waals surface area contributed by atoms with Gasteiger partial charge in [-0.15, -0.1) is 0 Å². The normalized spacial score (nSPS) is 15.3. The molecule has 1 aromatic heterocycles. The average molecular weight is 227 g/mol. The third-order valence-electron chi connectivity index (χ3n) is 2.54. The summed E-state index contributed by atoms with van der Waals surface area (Å²) in [6, 6.07) is 0.675. The van der Waals surface area contributed by atoms with E-state index >= 15 is 0 Å². The molecule has 84 valence electrons. The van der Waals surface area contributed by atoms with Crippen LogP contribution in [0.2, 0.25) is 0 Å². The van der Waals surface area contributed by atoms with E-state index in [1.54, 1.807) is 0 Å². The van der Waals surface area contributed by atoms with Gasteiger partial charge in [-0.05, 0) is 38.2 Å². The average Bonchev–Trinajstić information content (AvgIpc) is 2.99. The van der Waals surface area contributed by atoms with Crippen LogP contribution >= 0.6 is 11.5 Å². The Morgan fingerprint density at radius 3 is 2.80 bits per heavy atom. The first-order chi connectivity index (χ1) is 7.27. The Labute approximate surface area is 94.2 Å². The van der Waals surface area contributed by atoms with Crippen LogP contribution in [0.5, 0.6) is 5.75 Å². The lowest BCUT2D eigenvalue weighted by molar-refractivity contribution is 0.343. The first-order valence-corrected chi connectivity index (χ1v) is 6.19. The Morgan fingerprint density at radius 2 is 2.27 bits per heavy atom. The van der Waals surface area contributed by atoms with Crippen LogP contribution < -0.4 is 15.4 Å². The number of nitrogens with zero attached hydrogens (tertiary/aromatic N) is 2. The van der Waals surface area contributed by atoms with E-state index in [1.807, 2.05) is 6.92 Å². The van der Waals surface area contributed by atoms with Gasteiger partial charge in [0.1, 0.15) is 0 Å². The second kappa shape index (κ2) is 4.26. The zero-order valence-electron chi connectivity index (χ0n) is 9.19. The molecule has 1 saturated carbocycles. The molecule has 4 nitrogen and oxygen atoms in total. The van der Waals surface area contributed by atoms with Crippen LogP contribution in [-0.2, 0) is 0 Å². The molecule has 0 amide bonds. The van der Waals surface area contributed by atoms with Crippen molar-refractivity contribution in [3.8, 4) is 5.75 Å². The van der Waals surface area contributed by atoms with Gasteiger partial charge in [0.05, 0.1) is 6.61 Å². The van der Waals surface area contributed by atoms with E-state index < -0.39 is 0 Å². The molecule has 0 aromatic carbocycles. The van der Waals surface area contributed by atoms with E-state index in [2.05, 4.69) is 16.2 Å². The predicted octanol–water partition coefficient (Wildman–Crippen LogP) is 2.11. The maximum Gasteiger partial charge on any atom is 0.197 e. The lowest BCUT2D eigenvalue weighted by Crippen LogP contribution is -2.24. The molecule has 1 aliphatic carbocycles. The van der Waals surface area contributed by atoms with Crippen molar-refractivity contribution in [2.24, 2.45) is 0 Å². The third-order valence-corrected chi connectivity index (χ3v) is 3.42. The molecule has 0 radical (unpaired) electrons. The second-order valence-electron chi connectivity index (χ2n) is 3.65. The van der Waals surface area contributed by atoms with Gasteiger partial charge in [0.25, 0.3) is 0 Å². The maximum atomic E-state index is 5.79. The van der Waals surface area contributed by atoms with Gasteiger partial charge >= 0.3 is 0 Å². The summed E-state index contributed by atoms with van der Waals surface area (Å²) in [5.41, 5.74) is 5.79. The zero-order chi connectivity index (χ0) is 10.8. The van der Waals surface area contributed by atoms with Gasteiger partial charge in [0.15, 0.2) is 16.6 Å². The summed E-state index contributed by atoms with van der Waals surface area (Å²) in [5, 5.41) is 1.10. The van der Waals surface area contributed by atoms with Crippen molar-refractivity contribution in [2.45, 2.75) is 32.7 Å². The van der Waals surface area contributed by atoms with Crippen LogP contribution in [0.15, 0.2) is 0 Å². The minimum Gasteiger partial charge on any atom is -0.487 e. The molecular weight excluding hydrogens is 210 g/mol. The number of anilines is 2. The lowest BCUT2D eigenvalue weighted by atomic mass is 10.4. The first kappa shape index (κ1) is 10.5. The maximum absolute atomic E-state index is 5.79. The van der Waals surface area contributed by atoms with Crippen LogP contribution in [0.25, 0.3) is 0 Å². The number of nitrogen functional groups attached to an aromatic ring is 1. The van der Waals surface area contributed by atoms with E-state index in [0.717, 1.165) is 17.3 Å². The molecule has 1 heterocycles. The summed E-state index contributed by atoms with van der Waals surface area (Å²) in [6.07, 6.45) is 2.55. The van der Waals surface area contributed by atoms with Gasteiger partial charge < -0.3 is 15.4 Å². The standard InChI is InChI=1S/C10H17N3OS/c1-3-13(7-5-6-7)10-8(14-4-2)9(11)12-15-10/h7H,3-6H2,1-2H3,(H2,11,12). The number of hydrogen-bond donors (Lipinski definition) is 1. The first-order valence-electron chi connectivity index (χ1n) is 5.42. The molecule has 0 saturated heterocycles. The van der Waals surface area contributed by atoms with Crippen molar-refractivity contribution in [2.75, 3.05) is 23.8 Å². The molecule has 1 aliphatic rings. The van der Waals surface area contributed by atoms with Gasteiger partial charge in [-0.2, -0.15) is 4.37 Å². The highest BCUT2D eigenvalue weighted by molar-refractivity contribution is 7.11. The molecule has 1 fully saturated rings. The van der Waals surface area contributed by atoms with E-state index in [-0.39, 0.29) is 0 Å². The highest BCUT2D eigenvalue weighted by Gasteiger charge is 2.31. The van der Waals surface area contributed by atoms with E-state index in [0.29, 0.717) is 18.5 Å². The Kier molecular flexibility index (Phi) is 3.00. The number of ether oxygens (including phenoxy) is 1. The van der Waals surface area contributed by atoms with Crippen molar-refractivity contribution in [3.05, 3.63) is 0 Å². The number of rotatable bonds is 5. The van der Waals surface area contributed by atoms with Gasteiger partial charge in [-0.25, -0.2) is 0 Å². The Bertz CT molecular complexity index is 335. The van der Waals surface area contributed by atoms with Gasteiger partial charge in [-0.3, -0.25) is 0 Å². The smallest absolute Gasteiger partial charge is 0.197 e. The van der Waals surface area contributed by atoms with Gasteiger partial charge in [-0.1, -0.05) is 0 Å². The van der Waals surface area contributed by atoms with Crippen molar-refractivity contribution in [1.82, 2.24) is 4.37 Å². The second-order valence-corrected chi connectivity index (χ2v) is 4.40. The van der Waals surface area contributed by atoms with Crippen LogP contribution in [0, 0.1) is 0 Å². The van der Waals surface area contributed by atoms with Crippen molar-refractivity contribution < 1.29 is 4.74 Å². The van der Waals surface area contributed by atoms with Crippen molar-refractivity contribution >= 4 is 22.4 Å². The molecule has 5 heteroatoms. The largest absolute Gasteiger partial charge is 0.487 e. The van der Waals surface area contributed by atoms with Crippen LogP contribution in [-0.4, -0.2) is 23.6 Å². The summed E-state index contributed by atoms with van der Waals surface area (Å²) >= 11 is 1.44. The molecule has 2 rings (SSSR count). The van der Waals surface area contributed by atoms with E-state index in [9.17, 15) is 0 Å². The fourth-order valence-corrected chi connectivity index (χ4v) is 2.60. The molecule has 0 spiro atoms. The summed E-state index contributed by atoms with van der Waals surface area (Å²) in [4.78, 5) is 2.35. The summed E-state index contributed by atoms with van der Waals surface area (Å²) in [5.74, 6) is 1.30. The van der Waals surface area contributed by atoms with Gasteiger partial charge in [0, 0.05) is 12.6 Å². The minimum absolute atomic E-state index is 0.524. The number of aromatic nitrogens is 1. The Balaban J connectivity index is 2.24. The van der Waals surface area contributed by atoms with Gasteiger partial charge in [0.2, 0.25) is 0 Å². The summed E-state index contributed by atoms with van der Waals surface area (Å²) in [6.45, 7) is 5.75. The fraction of sp³-hybridized carbons (Fsp3) is 0.700. The number of hydrogen-bond acceptors (Lipinski definition) is 5. The molecular formula is C10H17N3OS. The minimum atomic E-state index is 0.524. The molecule has 2 N–H and O–H groups in total. The van der Waals surface area contributed by atoms with E-state index in [1.165, 1.54) is 24.4 Å². The molecule has 0 atom stereocenters. The fourth-order valence-electron chi connectivity index (χ4n) is 1.70. The highest BCUT2D eigenvalue weighted by Crippen LogP contribution is 2.42. The molecule has 15 heavy (non-hydrogen) atoms. The van der Waals surface area contributed by atoms with Crippen molar-refractivity contribution in [3.63, 3.8) is 0 Å². The summed E-state index contributed by atoms with van der Waals surface area (Å²) < 4.78 is 9.72. The Morgan fingerprint density at radius 1 is 1.53 bits per heavy atom. The van der Waals surface area contributed by atoms with Crippen molar-refractivity contribution in [1.29, 1.82) is 0 Å². The monoisotopic (exact) mass is 227 g/mol. The zero-order valence-corrected chi connectivity index (χ0v) is 10.0. The van der Waals surface area contributed by atoms with E-state index in [4.69, 9.17) is 10.5 Å². The topological polar surface area (TPSA) is 51.4 Å². The quantitative estimate of drug-likeness (QED) is 0.837. The Hall–Kier alpha value is -0.970. The molecule has 1 aromatic rings. The number of nitrogens with two attached hydrogens (primary N) is 1. The van der Waals surface area contributed by atoms with Crippen LogP contribution in [0.4, 0.5) is 10.8 Å². The molecule has 0 unspecified atom stereocenters. The highest BCUT2D eigenvalue weighted by atomic mass is 32.1. The third kappa shape index (κ3) is 2.02. The lowest BCUT2D eigenvalue weighted by Gasteiger charge is -2.21. The molecule has 0 aliphatic heterocycles. The molecule has 0 bridgehead atoms. The summed E-state index contributed by atoms with van der Waals surface area (Å²) in [7, 11) is 0. The van der Waals surface area contributed by atoms with Crippen LogP contribution in [0.3, 0.4) is 0 Å².